The predicted octanol–water partition coefficient (Wildman–Crippen LogP) is 5.95. The van der Waals surface area contributed by atoms with Gasteiger partial charge in [0.05, 0.1) is 23.2 Å². The molecule has 4 rings (SSSR count). The number of thioether (sulfide) groups is 1. The van der Waals surface area contributed by atoms with Gasteiger partial charge in [-0.05, 0) is 47.4 Å². The van der Waals surface area contributed by atoms with Crippen LogP contribution >= 0.6 is 23.4 Å². The lowest BCUT2D eigenvalue weighted by Gasteiger charge is -2.15. The van der Waals surface area contributed by atoms with Crippen LogP contribution in [0.5, 0.6) is 0 Å². The average molecular weight is 478 g/mol. The Kier molecular flexibility index (Phi) is 7.16. The van der Waals surface area contributed by atoms with E-state index in [9.17, 15) is 9.59 Å². The molecular weight excluding hydrogens is 454 g/mol. The highest BCUT2D eigenvalue weighted by Gasteiger charge is 2.15. The van der Waals surface area contributed by atoms with Crippen LogP contribution < -0.4 is 10.9 Å². The number of halogens is 1. The molecule has 3 aromatic carbocycles. The molecule has 0 aliphatic carbocycles. The summed E-state index contributed by atoms with van der Waals surface area (Å²) >= 11 is 7.39. The number of amides is 1. The van der Waals surface area contributed by atoms with Crippen LogP contribution in [-0.4, -0.2) is 21.2 Å². The van der Waals surface area contributed by atoms with Crippen LogP contribution in [0.25, 0.3) is 10.9 Å². The highest BCUT2D eigenvalue weighted by molar-refractivity contribution is 7.99. The molecule has 5 nitrogen and oxygen atoms in total. The third-order valence-corrected chi connectivity index (χ3v) is 6.46. The Balaban J connectivity index is 1.61. The van der Waals surface area contributed by atoms with Crippen molar-refractivity contribution < 1.29 is 4.79 Å². The van der Waals surface area contributed by atoms with E-state index >= 15 is 0 Å². The largest absolute Gasteiger partial charge is 0.325 e. The van der Waals surface area contributed by atoms with Gasteiger partial charge in [-0.2, -0.15) is 0 Å². The van der Waals surface area contributed by atoms with Crippen molar-refractivity contribution in [1.29, 1.82) is 0 Å². The van der Waals surface area contributed by atoms with Crippen molar-refractivity contribution in [1.82, 2.24) is 9.55 Å². The zero-order valence-electron chi connectivity index (χ0n) is 18.4. The number of aromatic nitrogens is 2. The molecule has 0 fully saturated rings. The van der Waals surface area contributed by atoms with Crippen LogP contribution in [0.4, 0.5) is 5.69 Å². The molecule has 33 heavy (non-hydrogen) atoms. The van der Waals surface area contributed by atoms with Gasteiger partial charge in [0.1, 0.15) is 0 Å². The quantitative estimate of drug-likeness (QED) is 0.264. The van der Waals surface area contributed by atoms with E-state index in [2.05, 4.69) is 19.2 Å². The maximum atomic E-state index is 13.3. The number of fused-ring (bicyclic) bond motifs is 1. The normalized spacial score (nSPS) is 11.2. The van der Waals surface area contributed by atoms with Gasteiger partial charge in [-0.25, -0.2) is 4.98 Å². The minimum Gasteiger partial charge on any atom is -0.325 e. The van der Waals surface area contributed by atoms with E-state index in [1.807, 2.05) is 60.7 Å². The summed E-state index contributed by atoms with van der Waals surface area (Å²) < 4.78 is 1.61. The second kappa shape index (κ2) is 10.2. The van der Waals surface area contributed by atoms with E-state index in [1.165, 1.54) is 11.8 Å². The minimum absolute atomic E-state index is 0.132. The number of nitrogens with zero attached hydrogens (tertiary/aromatic N) is 2. The summed E-state index contributed by atoms with van der Waals surface area (Å²) in [6.45, 7) is 4.50. The van der Waals surface area contributed by atoms with Crippen molar-refractivity contribution in [2.24, 2.45) is 0 Å². The number of anilines is 1. The number of carbonyl (C=O) groups is 1. The molecule has 1 heterocycles. The average Bonchev–Trinajstić information content (AvgIpc) is 2.80. The van der Waals surface area contributed by atoms with E-state index in [4.69, 9.17) is 16.6 Å². The second-order valence-electron chi connectivity index (χ2n) is 8.01. The maximum absolute atomic E-state index is 13.3. The van der Waals surface area contributed by atoms with Crippen molar-refractivity contribution >= 4 is 45.9 Å². The first kappa shape index (κ1) is 23.1. The zero-order valence-corrected chi connectivity index (χ0v) is 20.0. The van der Waals surface area contributed by atoms with Gasteiger partial charge in [-0.3, -0.25) is 14.2 Å². The first-order chi connectivity index (χ1) is 15.9. The van der Waals surface area contributed by atoms with Gasteiger partial charge in [0, 0.05) is 10.7 Å². The van der Waals surface area contributed by atoms with Crippen molar-refractivity contribution in [2.45, 2.75) is 31.5 Å². The van der Waals surface area contributed by atoms with E-state index < -0.39 is 0 Å². The van der Waals surface area contributed by atoms with E-state index in [-0.39, 0.29) is 17.2 Å². The molecule has 0 radical (unpaired) electrons. The Hall–Kier alpha value is -3.09. The topological polar surface area (TPSA) is 64.0 Å². The minimum atomic E-state index is -0.148. The number of nitrogens with one attached hydrogen (secondary N) is 1. The van der Waals surface area contributed by atoms with Crippen LogP contribution in [0.15, 0.2) is 82.7 Å². The fraction of sp³-hybridized carbons (Fsp3) is 0.192. The molecule has 168 valence electrons. The van der Waals surface area contributed by atoms with Crippen LogP contribution in [0.1, 0.15) is 30.9 Å². The van der Waals surface area contributed by atoms with Gasteiger partial charge in [-0.15, -0.1) is 0 Å². The van der Waals surface area contributed by atoms with E-state index in [0.29, 0.717) is 33.5 Å². The standard InChI is InChI=1S/C26H24ClN3O2S/c1-17(2)20-10-3-5-12-22(20)28-24(31)16-33-26-29-23-13-6-4-11-21(23)25(32)30(26)15-18-8-7-9-19(27)14-18/h3-14,17H,15-16H2,1-2H3,(H,28,31). The lowest BCUT2D eigenvalue weighted by molar-refractivity contribution is -0.113. The SMILES string of the molecule is CC(C)c1ccccc1NC(=O)CSc1nc2ccccc2c(=O)n1Cc1cccc(Cl)c1. The molecule has 4 aromatic rings. The predicted molar refractivity (Wildman–Crippen MR) is 136 cm³/mol. The summed E-state index contributed by atoms with van der Waals surface area (Å²) in [7, 11) is 0. The molecule has 0 unspecified atom stereocenters. The maximum Gasteiger partial charge on any atom is 0.262 e. The molecule has 0 atom stereocenters. The summed E-state index contributed by atoms with van der Waals surface area (Å²) in [6, 6.07) is 22.4. The molecule has 0 aliphatic heterocycles. The number of carbonyl (C=O) groups excluding carboxylic acids is 1. The molecule has 0 saturated heterocycles. The zero-order chi connectivity index (χ0) is 23.4. The Labute approximate surface area is 201 Å². The molecule has 0 spiro atoms. The van der Waals surface area contributed by atoms with Crippen LogP contribution in [0.3, 0.4) is 0 Å². The van der Waals surface area contributed by atoms with Crippen molar-refractivity contribution in [2.75, 3.05) is 11.1 Å². The van der Waals surface area contributed by atoms with Gasteiger partial charge < -0.3 is 5.32 Å². The summed E-state index contributed by atoms with van der Waals surface area (Å²) in [5.41, 5.74) is 3.24. The molecule has 7 heteroatoms. The Morgan fingerprint density at radius 2 is 1.82 bits per heavy atom. The molecule has 0 aliphatic rings. The fourth-order valence-corrected chi connectivity index (χ4v) is 4.66. The summed E-state index contributed by atoms with van der Waals surface area (Å²) in [5, 5.41) is 4.63. The monoisotopic (exact) mass is 477 g/mol. The van der Waals surface area contributed by atoms with Gasteiger partial charge in [-0.1, -0.05) is 79.7 Å². The van der Waals surface area contributed by atoms with Gasteiger partial charge in [0.2, 0.25) is 5.91 Å². The fourth-order valence-electron chi connectivity index (χ4n) is 3.65. The molecule has 1 amide bonds. The van der Waals surface area contributed by atoms with Crippen LogP contribution in [-0.2, 0) is 11.3 Å². The van der Waals surface area contributed by atoms with Crippen LogP contribution in [0, 0.1) is 0 Å². The Bertz CT molecular complexity index is 1370. The number of hydrogen-bond acceptors (Lipinski definition) is 4. The van der Waals surface area contributed by atoms with Crippen molar-refractivity contribution in [3.63, 3.8) is 0 Å². The first-order valence-corrected chi connectivity index (χ1v) is 12.0. The lowest BCUT2D eigenvalue weighted by Crippen LogP contribution is -2.25. The molecule has 0 bridgehead atoms. The van der Waals surface area contributed by atoms with Crippen LogP contribution in [0.2, 0.25) is 5.02 Å². The number of benzene rings is 3. The summed E-state index contributed by atoms with van der Waals surface area (Å²) in [6.07, 6.45) is 0. The first-order valence-electron chi connectivity index (χ1n) is 10.7. The van der Waals surface area contributed by atoms with E-state index in [0.717, 1.165) is 16.8 Å². The van der Waals surface area contributed by atoms with Crippen molar-refractivity contribution in [3.8, 4) is 0 Å². The molecule has 1 aromatic heterocycles. The lowest BCUT2D eigenvalue weighted by atomic mass is 10.0. The molecular formula is C26H24ClN3O2S. The van der Waals surface area contributed by atoms with E-state index in [1.54, 1.807) is 16.7 Å². The highest BCUT2D eigenvalue weighted by atomic mass is 35.5. The number of para-hydroxylation sites is 2. The number of hydrogen-bond donors (Lipinski definition) is 1. The smallest absolute Gasteiger partial charge is 0.262 e. The Morgan fingerprint density at radius 1 is 1.06 bits per heavy atom. The van der Waals surface area contributed by atoms with Gasteiger partial charge in [0.15, 0.2) is 5.16 Å². The van der Waals surface area contributed by atoms with Gasteiger partial charge in [0.25, 0.3) is 5.56 Å². The van der Waals surface area contributed by atoms with Crippen molar-refractivity contribution in [3.05, 3.63) is 99.3 Å². The summed E-state index contributed by atoms with van der Waals surface area (Å²) in [4.78, 5) is 30.7. The third kappa shape index (κ3) is 5.46. The Morgan fingerprint density at radius 3 is 2.61 bits per heavy atom. The highest BCUT2D eigenvalue weighted by Crippen LogP contribution is 2.25. The second-order valence-corrected chi connectivity index (χ2v) is 9.39. The summed E-state index contributed by atoms with van der Waals surface area (Å²) in [5.74, 6) is 0.274. The van der Waals surface area contributed by atoms with Gasteiger partial charge >= 0.3 is 0 Å². The third-order valence-electron chi connectivity index (χ3n) is 5.25. The number of rotatable bonds is 7. The molecule has 1 N–H and O–H groups in total. The molecule has 0 saturated carbocycles.